The largest absolute Gasteiger partial charge is 0.360 e. The van der Waals surface area contributed by atoms with Crippen LogP contribution in [0.5, 0.6) is 0 Å². The molecule has 1 saturated heterocycles. The normalized spacial score (nSPS) is 18.0. The molecule has 3 heterocycles. The molecular formula is C21H25N5O4S. The second-order valence-electron chi connectivity index (χ2n) is 8.30. The van der Waals surface area contributed by atoms with Crippen LogP contribution >= 0.6 is 0 Å². The molecule has 2 aromatic heterocycles. The third kappa shape index (κ3) is 3.48. The molecule has 0 spiro atoms. The first-order valence-electron chi connectivity index (χ1n) is 10.5. The van der Waals surface area contributed by atoms with E-state index in [0.717, 1.165) is 24.8 Å². The Morgan fingerprint density at radius 1 is 1.06 bits per heavy atom. The number of hydrogen-bond donors (Lipinski definition) is 0. The zero-order valence-corrected chi connectivity index (χ0v) is 18.5. The summed E-state index contributed by atoms with van der Waals surface area (Å²) in [5, 5.41) is 8.95. The Morgan fingerprint density at radius 3 is 2.58 bits per heavy atom. The van der Waals surface area contributed by atoms with Crippen LogP contribution < -0.4 is 5.56 Å². The van der Waals surface area contributed by atoms with Crippen LogP contribution in [0.3, 0.4) is 0 Å². The molecule has 0 amide bonds. The van der Waals surface area contributed by atoms with Crippen molar-refractivity contribution >= 4 is 20.9 Å². The molecule has 0 unspecified atom stereocenters. The Kier molecular flexibility index (Phi) is 4.95. The van der Waals surface area contributed by atoms with Crippen LogP contribution in [0.15, 0.2) is 32.4 Å². The van der Waals surface area contributed by atoms with Gasteiger partial charge in [-0.1, -0.05) is 11.2 Å². The lowest BCUT2D eigenvalue weighted by Gasteiger charge is -2.33. The molecule has 0 radical (unpaired) electrons. The van der Waals surface area contributed by atoms with Gasteiger partial charge in [-0.05, 0) is 56.4 Å². The van der Waals surface area contributed by atoms with Gasteiger partial charge in [-0.15, -0.1) is 0 Å². The molecule has 1 aromatic carbocycles. The molecule has 31 heavy (non-hydrogen) atoms. The van der Waals surface area contributed by atoms with E-state index in [9.17, 15) is 13.2 Å². The molecule has 0 N–H and O–H groups in total. The fraction of sp³-hybridized carbons (Fsp3) is 0.476. The molecule has 5 rings (SSSR count). The van der Waals surface area contributed by atoms with E-state index in [1.54, 1.807) is 13.0 Å². The van der Waals surface area contributed by atoms with Crippen molar-refractivity contribution < 1.29 is 12.9 Å². The zero-order chi connectivity index (χ0) is 21.8. The third-order valence-electron chi connectivity index (χ3n) is 6.31. The van der Waals surface area contributed by atoms with Gasteiger partial charge in [0.2, 0.25) is 10.0 Å². The van der Waals surface area contributed by atoms with Gasteiger partial charge in [0.25, 0.3) is 5.56 Å². The first-order valence-corrected chi connectivity index (χ1v) is 12.0. The Morgan fingerprint density at radius 2 is 1.81 bits per heavy atom. The topological polar surface area (TPSA) is 102 Å². The van der Waals surface area contributed by atoms with Crippen LogP contribution in [0, 0.1) is 13.8 Å². The van der Waals surface area contributed by atoms with Crippen molar-refractivity contribution in [2.75, 3.05) is 26.2 Å². The fourth-order valence-electron chi connectivity index (χ4n) is 4.60. The van der Waals surface area contributed by atoms with Gasteiger partial charge >= 0.3 is 0 Å². The van der Waals surface area contributed by atoms with Crippen LogP contribution in [0.4, 0.5) is 0 Å². The van der Waals surface area contributed by atoms with E-state index in [2.05, 4.69) is 10.3 Å². The van der Waals surface area contributed by atoms with Crippen molar-refractivity contribution in [2.24, 2.45) is 0 Å². The third-order valence-corrected chi connectivity index (χ3v) is 8.20. The van der Waals surface area contributed by atoms with Crippen LogP contribution in [-0.4, -0.2) is 58.7 Å². The smallest absolute Gasteiger partial charge is 0.298 e. The van der Waals surface area contributed by atoms with E-state index in [1.165, 1.54) is 14.6 Å². The maximum atomic E-state index is 13.1. The Bertz CT molecular complexity index is 1320. The highest BCUT2D eigenvalue weighted by Crippen LogP contribution is 2.26. The molecule has 1 fully saturated rings. The molecule has 2 aliphatic rings. The Hall–Kier alpha value is -2.56. The first-order chi connectivity index (χ1) is 14.8. The monoisotopic (exact) mass is 443 g/mol. The van der Waals surface area contributed by atoms with Gasteiger partial charge in [0.1, 0.15) is 5.76 Å². The summed E-state index contributed by atoms with van der Waals surface area (Å²) in [5.41, 5.74) is 3.08. The molecule has 3 aromatic rings. The second kappa shape index (κ2) is 7.54. The number of benzene rings is 1. The number of aryl methyl sites for hydroxylation is 4. The van der Waals surface area contributed by atoms with Crippen LogP contribution in [0.2, 0.25) is 0 Å². The SMILES string of the molecule is Cc1nn(CN2CCN(S(=O)(=O)c3ccc4c(c3)CCC4)CC2)c(=O)c2noc(C)c12. The van der Waals surface area contributed by atoms with E-state index >= 15 is 0 Å². The van der Waals surface area contributed by atoms with Gasteiger partial charge in [-0.25, -0.2) is 13.1 Å². The number of hydrogen-bond acceptors (Lipinski definition) is 7. The van der Waals surface area contributed by atoms with E-state index in [1.807, 2.05) is 24.0 Å². The molecule has 0 saturated carbocycles. The minimum atomic E-state index is -3.52. The van der Waals surface area contributed by atoms with E-state index in [4.69, 9.17) is 4.52 Å². The summed E-state index contributed by atoms with van der Waals surface area (Å²) in [5.74, 6) is 0.578. The first kappa shape index (κ1) is 20.3. The zero-order valence-electron chi connectivity index (χ0n) is 17.7. The second-order valence-corrected chi connectivity index (χ2v) is 10.2. The lowest BCUT2D eigenvalue weighted by atomic mass is 10.1. The lowest BCUT2D eigenvalue weighted by molar-refractivity contribution is 0.143. The number of rotatable bonds is 4. The average molecular weight is 444 g/mol. The molecule has 0 atom stereocenters. The van der Waals surface area contributed by atoms with Crippen molar-refractivity contribution in [1.82, 2.24) is 24.1 Å². The van der Waals surface area contributed by atoms with Gasteiger partial charge in [-0.3, -0.25) is 9.69 Å². The summed E-state index contributed by atoms with van der Waals surface area (Å²) in [4.78, 5) is 15.1. The number of nitrogens with zero attached hydrogens (tertiary/aromatic N) is 5. The summed E-state index contributed by atoms with van der Waals surface area (Å²) in [7, 11) is -3.52. The molecule has 1 aliphatic heterocycles. The lowest BCUT2D eigenvalue weighted by Crippen LogP contribution is -2.49. The summed E-state index contributed by atoms with van der Waals surface area (Å²) in [6.07, 6.45) is 3.06. The van der Waals surface area contributed by atoms with Crippen LogP contribution in [-0.2, 0) is 29.5 Å². The van der Waals surface area contributed by atoms with Gasteiger partial charge in [-0.2, -0.15) is 9.40 Å². The van der Waals surface area contributed by atoms with Gasteiger partial charge in [0, 0.05) is 26.2 Å². The van der Waals surface area contributed by atoms with Crippen molar-refractivity contribution in [3.63, 3.8) is 0 Å². The van der Waals surface area contributed by atoms with Crippen molar-refractivity contribution in [3.8, 4) is 0 Å². The molecule has 1 aliphatic carbocycles. The minimum Gasteiger partial charge on any atom is -0.360 e. The summed E-state index contributed by atoms with van der Waals surface area (Å²) < 4.78 is 34.3. The highest BCUT2D eigenvalue weighted by molar-refractivity contribution is 7.89. The van der Waals surface area contributed by atoms with Gasteiger partial charge < -0.3 is 4.52 Å². The summed E-state index contributed by atoms with van der Waals surface area (Å²) >= 11 is 0. The maximum Gasteiger partial charge on any atom is 0.298 e. The quantitative estimate of drug-likeness (QED) is 0.601. The number of aromatic nitrogens is 3. The maximum absolute atomic E-state index is 13.1. The number of piperazine rings is 1. The molecular weight excluding hydrogens is 418 g/mol. The van der Waals surface area contributed by atoms with Gasteiger partial charge in [0.05, 0.1) is 22.6 Å². The fourth-order valence-corrected chi connectivity index (χ4v) is 6.07. The molecule has 10 heteroatoms. The van der Waals surface area contributed by atoms with E-state index < -0.39 is 10.0 Å². The van der Waals surface area contributed by atoms with E-state index in [-0.39, 0.29) is 17.7 Å². The number of fused-ring (bicyclic) bond motifs is 2. The van der Waals surface area contributed by atoms with Crippen LogP contribution in [0.25, 0.3) is 10.9 Å². The van der Waals surface area contributed by atoms with Crippen LogP contribution in [0.1, 0.15) is 29.0 Å². The standard InChI is InChI=1S/C21H25N5O4S/c1-14-19-15(2)30-23-20(19)21(27)26(22-14)13-24-8-10-25(11-9-24)31(28,29)18-7-6-16-4-3-5-17(16)12-18/h6-7,12H,3-5,8-11,13H2,1-2H3. The Labute approximate surface area is 180 Å². The predicted molar refractivity (Wildman–Crippen MR) is 114 cm³/mol. The highest BCUT2D eigenvalue weighted by atomic mass is 32.2. The molecule has 9 nitrogen and oxygen atoms in total. The summed E-state index contributed by atoms with van der Waals surface area (Å²) in [6, 6.07) is 5.52. The summed E-state index contributed by atoms with van der Waals surface area (Å²) in [6.45, 7) is 5.66. The highest BCUT2D eigenvalue weighted by Gasteiger charge is 2.30. The van der Waals surface area contributed by atoms with E-state index in [0.29, 0.717) is 47.9 Å². The minimum absolute atomic E-state index is 0.280. The van der Waals surface area contributed by atoms with Crippen molar-refractivity contribution in [3.05, 3.63) is 51.1 Å². The number of sulfonamides is 1. The van der Waals surface area contributed by atoms with Crippen molar-refractivity contribution in [1.29, 1.82) is 0 Å². The Balaban J connectivity index is 1.30. The molecule has 0 bridgehead atoms. The van der Waals surface area contributed by atoms with Gasteiger partial charge in [0.15, 0.2) is 5.52 Å². The van der Waals surface area contributed by atoms with Crippen molar-refractivity contribution in [2.45, 2.75) is 44.7 Å². The average Bonchev–Trinajstić information content (AvgIpc) is 3.38. The predicted octanol–water partition coefficient (Wildman–Crippen LogP) is 1.45. The molecule has 164 valence electrons.